The van der Waals surface area contributed by atoms with Crippen LogP contribution in [-0.4, -0.2) is 43.9 Å². The van der Waals surface area contributed by atoms with Gasteiger partial charge in [-0.3, -0.25) is 4.79 Å². The van der Waals surface area contributed by atoms with Crippen molar-refractivity contribution >= 4 is 16.1 Å². The summed E-state index contributed by atoms with van der Waals surface area (Å²) in [7, 11) is -4.45. The van der Waals surface area contributed by atoms with Gasteiger partial charge in [-0.25, -0.2) is 8.42 Å². The summed E-state index contributed by atoms with van der Waals surface area (Å²) in [4.78, 5) is 10.8. The summed E-state index contributed by atoms with van der Waals surface area (Å²) >= 11 is 0. The van der Waals surface area contributed by atoms with Gasteiger partial charge >= 0.3 is 35.5 Å². The zero-order valence-electron chi connectivity index (χ0n) is 11.6. The van der Waals surface area contributed by atoms with E-state index in [2.05, 4.69) is 4.74 Å². The first kappa shape index (κ1) is 20.4. The van der Waals surface area contributed by atoms with Crippen molar-refractivity contribution in [1.82, 2.24) is 0 Å². The summed E-state index contributed by atoms with van der Waals surface area (Å²) in [5.41, 5.74) is 0. The number of hydrogen-bond acceptors (Lipinski definition) is 7. The number of carbonyl (C=O) groups is 1. The van der Waals surface area contributed by atoms with E-state index in [-0.39, 0.29) is 60.7 Å². The Morgan fingerprint density at radius 1 is 1.19 bits per heavy atom. The molecule has 0 heterocycles. The van der Waals surface area contributed by atoms with Crippen molar-refractivity contribution in [2.75, 3.05) is 19.8 Å². The summed E-state index contributed by atoms with van der Waals surface area (Å²) in [6.07, 6.45) is 0.582. The van der Waals surface area contributed by atoms with Gasteiger partial charge in [-0.1, -0.05) is 0 Å². The molecule has 1 rings (SSSR count). The van der Waals surface area contributed by atoms with Gasteiger partial charge in [0.15, 0.2) is 0 Å². The standard InChI is InChI=1S/C12H16O7S.Na/c13-7-9-19-12(14)2-1-8-18-10-3-5-11(6-4-10)20(15,16)17;/h3-6,13H,1-2,7-9H2,(H,15,16,17);/q;+1/p-1. The minimum absolute atomic E-state index is 0. The Hall–Kier alpha value is -0.640. The molecule has 0 spiro atoms. The van der Waals surface area contributed by atoms with Gasteiger partial charge in [0.1, 0.15) is 22.5 Å². The molecule has 112 valence electrons. The third kappa shape index (κ3) is 8.40. The molecule has 0 unspecified atom stereocenters. The molecule has 0 saturated heterocycles. The van der Waals surface area contributed by atoms with E-state index in [1.54, 1.807) is 0 Å². The number of esters is 1. The molecule has 0 fully saturated rings. The minimum atomic E-state index is -4.45. The molecule has 0 aliphatic rings. The van der Waals surface area contributed by atoms with Crippen LogP contribution in [0.3, 0.4) is 0 Å². The molecular formula is C12H15NaO7S. The van der Waals surface area contributed by atoms with Crippen molar-refractivity contribution in [1.29, 1.82) is 0 Å². The first-order chi connectivity index (χ1) is 9.43. The van der Waals surface area contributed by atoms with Gasteiger partial charge < -0.3 is 19.1 Å². The monoisotopic (exact) mass is 326 g/mol. The Balaban J connectivity index is 0.00000400. The van der Waals surface area contributed by atoms with Gasteiger partial charge in [-0.05, 0) is 30.7 Å². The Morgan fingerprint density at radius 2 is 1.81 bits per heavy atom. The van der Waals surface area contributed by atoms with E-state index in [1.165, 1.54) is 12.1 Å². The number of carbonyl (C=O) groups excluding carboxylic acids is 1. The van der Waals surface area contributed by atoms with Crippen molar-refractivity contribution in [3.05, 3.63) is 24.3 Å². The number of aliphatic hydroxyl groups is 1. The zero-order valence-corrected chi connectivity index (χ0v) is 14.5. The predicted octanol–water partition coefficient (Wildman–Crippen LogP) is -2.71. The SMILES string of the molecule is O=C(CCCOc1ccc(S(=O)(=O)[O-])cc1)OCCO.[Na+]. The van der Waals surface area contributed by atoms with Gasteiger partial charge in [0.25, 0.3) is 0 Å². The average molecular weight is 326 g/mol. The maximum absolute atomic E-state index is 11.1. The van der Waals surface area contributed by atoms with Gasteiger partial charge in [0, 0.05) is 6.42 Å². The van der Waals surface area contributed by atoms with Crippen molar-refractivity contribution in [3.8, 4) is 5.75 Å². The smallest absolute Gasteiger partial charge is 0.744 e. The number of benzene rings is 1. The van der Waals surface area contributed by atoms with Crippen molar-refractivity contribution < 1.29 is 61.9 Å². The van der Waals surface area contributed by atoms with E-state index in [0.29, 0.717) is 12.2 Å². The summed E-state index contributed by atoms with van der Waals surface area (Å²) in [6, 6.07) is 5.06. The Morgan fingerprint density at radius 3 is 2.33 bits per heavy atom. The van der Waals surface area contributed by atoms with Crippen LogP contribution in [0.1, 0.15) is 12.8 Å². The Kier molecular flexibility index (Phi) is 9.84. The van der Waals surface area contributed by atoms with Crippen LogP contribution in [0.2, 0.25) is 0 Å². The van der Waals surface area contributed by atoms with E-state index in [9.17, 15) is 17.8 Å². The van der Waals surface area contributed by atoms with Gasteiger partial charge in [0.2, 0.25) is 0 Å². The molecule has 0 aliphatic heterocycles. The fraction of sp³-hybridized carbons (Fsp3) is 0.417. The molecule has 0 bridgehead atoms. The third-order valence-corrected chi connectivity index (χ3v) is 3.11. The van der Waals surface area contributed by atoms with Crippen LogP contribution in [0.5, 0.6) is 5.75 Å². The van der Waals surface area contributed by atoms with Gasteiger partial charge in [-0.15, -0.1) is 0 Å². The second-order valence-electron chi connectivity index (χ2n) is 3.82. The van der Waals surface area contributed by atoms with Gasteiger partial charge in [-0.2, -0.15) is 0 Å². The molecule has 0 radical (unpaired) electrons. The average Bonchev–Trinajstić information content (AvgIpc) is 2.41. The second kappa shape index (κ2) is 10.1. The summed E-state index contributed by atoms with van der Waals surface area (Å²) in [6.45, 7) is 0.0136. The zero-order chi connectivity index (χ0) is 15.0. The van der Waals surface area contributed by atoms with Gasteiger partial charge in [0.05, 0.1) is 18.1 Å². The fourth-order valence-electron chi connectivity index (χ4n) is 1.34. The third-order valence-electron chi connectivity index (χ3n) is 2.26. The molecule has 7 nitrogen and oxygen atoms in total. The molecule has 0 aromatic heterocycles. The van der Waals surface area contributed by atoms with E-state index in [1.807, 2.05) is 0 Å². The topological polar surface area (TPSA) is 113 Å². The maximum atomic E-state index is 11.1. The van der Waals surface area contributed by atoms with Crippen LogP contribution < -0.4 is 34.3 Å². The number of ether oxygens (including phenoxy) is 2. The molecule has 1 aromatic carbocycles. The van der Waals surface area contributed by atoms with E-state index in [4.69, 9.17) is 9.84 Å². The van der Waals surface area contributed by atoms with E-state index < -0.39 is 16.1 Å². The number of hydrogen-bond donors (Lipinski definition) is 1. The molecule has 9 heteroatoms. The molecule has 0 aliphatic carbocycles. The molecule has 21 heavy (non-hydrogen) atoms. The van der Waals surface area contributed by atoms with Crippen molar-refractivity contribution in [3.63, 3.8) is 0 Å². The van der Waals surface area contributed by atoms with Crippen LogP contribution in [0.25, 0.3) is 0 Å². The Bertz CT molecular complexity index is 527. The van der Waals surface area contributed by atoms with E-state index >= 15 is 0 Å². The van der Waals surface area contributed by atoms with Crippen LogP contribution in [-0.2, 0) is 19.6 Å². The predicted molar refractivity (Wildman–Crippen MR) is 67.2 cm³/mol. The maximum Gasteiger partial charge on any atom is 1.00 e. The summed E-state index contributed by atoms with van der Waals surface area (Å²) in [5, 5.41) is 8.45. The molecule has 0 amide bonds. The first-order valence-corrected chi connectivity index (χ1v) is 7.29. The van der Waals surface area contributed by atoms with Crippen LogP contribution in [0.15, 0.2) is 29.2 Å². The molecule has 0 saturated carbocycles. The second-order valence-corrected chi connectivity index (χ2v) is 5.20. The van der Waals surface area contributed by atoms with Crippen molar-refractivity contribution in [2.45, 2.75) is 17.7 Å². The quantitative estimate of drug-likeness (QED) is 0.239. The number of rotatable bonds is 8. The fourth-order valence-corrected chi connectivity index (χ4v) is 1.81. The first-order valence-electron chi connectivity index (χ1n) is 5.88. The minimum Gasteiger partial charge on any atom is -0.744 e. The normalized spacial score (nSPS) is 10.6. The van der Waals surface area contributed by atoms with Crippen LogP contribution in [0.4, 0.5) is 0 Å². The molecule has 1 aromatic rings. The van der Waals surface area contributed by atoms with Crippen molar-refractivity contribution in [2.24, 2.45) is 0 Å². The largest absolute Gasteiger partial charge is 1.00 e. The number of aliphatic hydroxyl groups excluding tert-OH is 1. The molecule has 0 atom stereocenters. The van der Waals surface area contributed by atoms with E-state index in [0.717, 1.165) is 12.1 Å². The summed E-state index contributed by atoms with van der Waals surface area (Å²) < 4.78 is 42.0. The molecule has 1 N–H and O–H groups in total. The Labute approximate surface area is 145 Å². The summed E-state index contributed by atoms with van der Waals surface area (Å²) in [5.74, 6) is -0.0171. The van der Waals surface area contributed by atoms with Crippen LogP contribution >= 0.6 is 0 Å². The van der Waals surface area contributed by atoms with Crippen LogP contribution in [0, 0.1) is 0 Å². The molecular weight excluding hydrogens is 311 g/mol.